The van der Waals surface area contributed by atoms with Crippen LogP contribution >= 0.6 is 22.9 Å². The summed E-state index contributed by atoms with van der Waals surface area (Å²) in [4.78, 5) is 16.0. The van der Waals surface area contributed by atoms with Crippen LogP contribution in [0.15, 0.2) is 24.3 Å². The first kappa shape index (κ1) is 11.9. The standard InChI is InChI=1S/C11H10ClN3OS/c1-6-9(12)17-11(14-6)15-10(16)7-4-2-3-5-8(7)13/h2-5H,13H2,1H3,(H,14,15,16). The minimum absolute atomic E-state index is 0.284. The fourth-order valence-electron chi connectivity index (χ4n) is 1.30. The molecule has 1 aromatic carbocycles. The number of anilines is 2. The van der Waals surface area contributed by atoms with E-state index < -0.39 is 0 Å². The average molecular weight is 268 g/mol. The van der Waals surface area contributed by atoms with Gasteiger partial charge in [-0.25, -0.2) is 4.98 Å². The highest BCUT2D eigenvalue weighted by atomic mass is 35.5. The zero-order chi connectivity index (χ0) is 12.4. The fraction of sp³-hybridized carbons (Fsp3) is 0.0909. The van der Waals surface area contributed by atoms with Gasteiger partial charge in [0.25, 0.3) is 5.91 Å². The molecular weight excluding hydrogens is 258 g/mol. The SMILES string of the molecule is Cc1nc(NC(=O)c2ccccc2N)sc1Cl. The number of halogens is 1. The van der Waals surface area contributed by atoms with Crippen molar-refractivity contribution in [2.24, 2.45) is 0 Å². The summed E-state index contributed by atoms with van der Waals surface area (Å²) >= 11 is 7.09. The summed E-state index contributed by atoms with van der Waals surface area (Å²) < 4.78 is 0.571. The number of carbonyl (C=O) groups is 1. The van der Waals surface area contributed by atoms with Gasteiger partial charge in [-0.2, -0.15) is 0 Å². The number of para-hydroxylation sites is 1. The van der Waals surface area contributed by atoms with Gasteiger partial charge in [0.15, 0.2) is 5.13 Å². The summed E-state index contributed by atoms with van der Waals surface area (Å²) in [6.07, 6.45) is 0. The molecule has 0 spiro atoms. The largest absolute Gasteiger partial charge is 0.398 e. The Balaban J connectivity index is 2.20. The number of carbonyl (C=O) groups excluding carboxylic acids is 1. The maximum absolute atomic E-state index is 11.9. The van der Waals surface area contributed by atoms with Crippen molar-refractivity contribution in [2.75, 3.05) is 11.1 Å². The lowest BCUT2D eigenvalue weighted by atomic mass is 10.2. The van der Waals surface area contributed by atoms with E-state index in [1.54, 1.807) is 31.2 Å². The summed E-state index contributed by atoms with van der Waals surface area (Å²) in [5, 5.41) is 3.14. The van der Waals surface area contributed by atoms with Crippen LogP contribution in [-0.4, -0.2) is 10.9 Å². The van der Waals surface area contributed by atoms with Crippen molar-refractivity contribution >= 4 is 39.7 Å². The van der Waals surface area contributed by atoms with Crippen molar-refractivity contribution in [2.45, 2.75) is 6.92 Å². The molecule has 17 heavy (non-hydrogen) atoms. The maximum Gasteiger partial charge on any atom is 0.259 e. The first-order valence-electron chi connectivity index (χ1n) is 4.86. The van der Waals surface area contributed by atoms with Crippen LogP contribution in [-0.2, 0) is 0 Å². The van der Waals surface area contributed by atoms with Crippen molar-refractivity contribution in [1.82, 2.24) is 4.98 Å². The molecular formula is C11H10ClN3OS. The van der Waals surface area contributed by atoms with E-state index in [0.717, 1.165) is 0 Å². The van der Waals surface area contributed by atoms with Gasteiger partial charge in [0.05, 0.1) is 11.3 Å². The number of thiazole rings is 1. The Labute approximate surface area is 107 Å². The summed E-state index contributed by atoms with van der Waals surface area (Å²) in [6, 6.07) is 6.86. The van der Waals surface area contributed by atoms with Crippen LogP contribution < -0.4 is 11.1 Å². The molecule has 3 N–H and O–H groups in total. The van der Waals surface area contributed by atoms with Crippen molar-refractivity contribution in [3.8, 4) is 0 Å². The summed E-state index contributed by atoms with van der Waals surface area (Å²) in [6.45, 7) is 1.78. The van der Waals surface area contributed by atoms with E-state index in [-0.39, 0.29) is 5.91 Å². The molecule has 0 saturated carbocycles. The van der Waals surface area contributed by atoms with Crippen LogP contribution in [0.1, 0.15) is 16.1 Å². The zero-order valence-electron chi connectivity index (χ0n) is 9.03. The van der Waals surface area contributed by atoms with E-state index in [0.29, 0.717) is 26.4 Å². The quantitative estimate of drug-likeness (QED) is 0.822. The lowest BCUT2D eigenvalue weighted by molar-refractivity contribution is 0.102. The highest BCUT2D eigenvalue weighted by molar-refractivity contribution is 7.19. The van der Waals surface area contributed by atoms with Crippen LogP contribution in [0.3, 0.4) is 0 Å². The number of benzene rings is 1. The van der Waals surface area contributed by atoms with Crippen molar-refractivity contribution in [3.63, 3.8) is 0 Å². The second kappa shape index (κ2) is 4.73. The molecule has 0 atom stereocenters. The summed E-state index contributed by atoms with van der Waals surface area (Å²) in [5.41, 5.74) is 7.27. The Morgan fingerprint density at radius 3 is 2.76 bits per heavy atom. The smallest absolute Gasteiger partial charge is 0.259 e. The molecule has 88 valence electrons. The van der Waals surface area contributed by atoms with Gasteiger partial charge in [0.1, 0.15) is 4.34 Å². The van der Waals surface area contributed by atoms with Gasteiger partial charge < -0.3 is 5.73 Å². The number of hydrogen-bond donors (Lipinski definition) is 2. The lowest BCUT2D eigenvalue weighted by Crippen LogP contribution is -2.13. The van der Waals surface area contributed by atoms with Crippen molar-refractivity contribution in [1.29, 1.82) is 0 Å². The first-order valence-corrected chi connectivity index (χ1v) is 6.06. The van der Waals surface area contributed by atoms with E-state index in [1.807, 2.05) is 0 Å². The second-order valence-electron chi connectivity index (χ2n) is 3.42. The Morgan fingerprint density at radius 1 is 1.47 bits per heavy atom. The maximum atomic E-state index is 11.9. The molecule has 0 aliphatic carbocycles. The summed E-state index contributed by atoms with van der Waals surface area (Å²) in [5.74, 6) is -0.284. The molecule has 4 nitrogen and oxygen atoms in total. The summed E-state index contributed by atoms with van der Waals surface area (Å²) in [7, 11) is 0. The monoisotopic (exact) mass is 267 g/mol. The number of aryl methyl sites for hydroxylation is 1. The van der Waals surface area contributed by atoms with E-state index >= 15 is 0 Å². The van der Waals surface area contributed by atoms with Crippen LogP contribution in [0.5, 0.6) is 0 Å². The highest BCUT2D eigenvalue weighted by Gasteiger charge is 2.12. The van der Waals surface area contributed by atoms with Gasteiger partial charge in [0.2, 0.25) is 0 Å². The predicted octanol–water partition coefficient (Wildman–Crippen LogP) is 2.94. The minimum atomic E-state index is -0.284. The number of amides is 1. The molecule has 1 heterocycles. The van der Waals surface area contributed by atoms with Gasteiger partial charge in [-0.3, -0.25) is 10.1 Å². The lowest BCUT2D eigenvalue weighted by Gasteiger charge is -2.04. The minimum Gasteiger partial charge on any atom is -0.398 e. The van der Waals surface area contributed by atoms with Crippen LogP contribution in [0.2, 0.25) is 4.34 Å². The highest BCUT2D eigenvalue weighted by Crippen LogP contribution is 2.27. The molecule has 0 aliphatic rings. The van der Waals surface area contributed by atoms with Crippen LogP contribution in [0.4, 0.5) is 10.8 Å². The molecule has 0 unspecified atom stereocenters. The third kappa shape index (κ3) is 2.57. The Morgan fingerprint density at radius 2 is 2.18 bits per heavy atom. The Hall–Kier alpha value is -1.59. The molecule has 0 fully saturated rings. The van der Waals surface area contributed by atoms with Crippen molar-refractivity contribution < 1.29 is 4.79 Å². The Bertz CT molecular complexity index is 548. The molecule has 0 radical (unpaired) electrons. The molecule has 1 amide bonds. The molecule has 6 heteroatoms. The van der Waals surface area contributed by atoms with Gasteiger partial charge in [0, 0.05) is 5.69 Å². The van der Waals surface area contributed by atoms with E-state index in [2.05, 4.69) is 10.3 Å². The zero-order valence-corrected chi connectivity index (χ0v) is 10.6. The molecule has 0 aliphatic heterocycles. The average Bonchev–Trinajstić information content (AvgIpc) is 2.58. The van der Waals surface area contributed by atoms with Crippen molar-refractivity contribution in [3.05, 3.63) is 39.9 Å². The van der Waals surface area contributed by atoms with Gasteiger partial charge in [-0.15, -0.1) is 0 Å². The third-order valence-electron chi connectivity index (χ3n) is 2.17. The topological polar surface area (TPSA) is 68.0 Å². The number of nitrogens with one attached hydrogen (secondary N) is 1. The van der Waals surface area contributed by atoms with E-state index in [9.17, 15) is 4.79 Å². The number of nitrogens with zero attached hydrogens (tertiary/aromatic N) is 1. The number of nitrogen functional groups attached to an aromatic ring is 1. The number of hydrogen-bond acceptors (Lipinski definition) is 4. The number of nitrogens with two attached hydrogens (primary N) is 1. The van der Waals surface area contributed by atoms with Gasteiger partial charge >= 0.3 is 0 Å². The first-order chi connectivity index (χ1) is 8.08. The van der Waals surface area contributed by atoms with Gasteiger partial charge in [-0.05, 0) is 19.1 Å². The van der Waals surface area contributed by atoms with Crippen LogP contribution in [0.25, 0.3) is 0 Å². The number of rotatable bonds is 2. The molecule has 1 aromatic heterocycles. The molecule has 0 saturated heterocycles. The van der Waals surface area contributed by atoms with Gasteiger partial charge in [-0.1, -0.05) is 35.1 Å². The molecule has 2 aromatic rings. The van der Waals surface area contributed by atoms with E-state index in [4.69, 9.17) is 17.3 Å². The van der Waals surface area contributed by atoms with E-state index in [1.165, 1.54) is 11.3 Å². The third-order valence-corrected chi connectivity index (χ3v) is 3.53. The van der Waals surface area contributed by atoms with Crippen LogP contribution in [0, 0.1) is 6.92 Å². The molecule has 0 bridgehead atoms. The normalized spacial score (nSPS) is 10.2. The second-order valence-corrected chi connectivity index (χ2v) is 5.02. The predicted molar refractivity (Wildman–Crippen MR) is 70.7 cm³/mol. The number of aromatic nitrogens is 1. The fourth-order valence-corrected chi connectivity index (χ4v) is 2.25. The molecule has 2 rings (SSSR count). The Kier molecular flexibility index (Phi) is 3.31.